The minimum atomic E-state index is -0.808. The Labute approximate surface area is 99.7 Å². The molecule has 0 spiro atoms. The van der Waals surface area contributed by atoms with Gasteiger partial charge in [-0.15, -0.1) is 0 Å². The number of aromatic hydroxyl groups is 1. The molecule has 1 atom stereocenters. The minimum absolute atomic E-state index is 0.213. The van der Waals surface area contributed by atoms with Crippen LogP contribution in [0.4, 0.5) is 0 Å². The summed E-state index contributed by atoms with van der Waals surface area (Å²) < 4.78 is 0. The minimum Gasteiger partial charge on any atom is -0.508 e. The summed E-state index contributed by atoms with van der Waals surface area (Å²) in [7, 11) is 0. The maximum Gasteiger partial charge on any atom is 0.322 e. The molecule has 0 aliphatic carbocycles. The smallest absolute Gasteiger partial charge is 0.322 e. The number of carbonyl (C=O) groups is 1. The van der Waals surface area contributed by atoms with Crippen LogP contribution in [0.5, 0.6) is 5.75 Å². The van der Waals surface area contributed by atoms with Crippen molar-refractivity contribution in [2.24, 2.45) is 0 Å². The molecule has 1 aliphatic heterocycles. The number of piperazine rings is 1. The Balaban J connectivity index is 2.08. The molecule has 0 radical (unpaired) electrons. The van der Waals surface area contributed by atoms with Crippen LogP contribution in [-0.2, 0) is 11.3 Å². The van der Waals surface area contributed by atoms with Crippen LogP contribution < -0.4 is 5.32 Å². The maximum atomic E-state index is 11.1. The number of carboxylic acids is 1. The van der Waals surface area contributed by atoms with Crippen LogP contribution in [0.2, 0.25) is 0 Å². The number of aliphatic carboxylic acids is 1. The van der Waals surface area contributed by atoms with Gasteiger partial charge in [-0.3, -0.25) is 9.69 Å². The molecule has 1 saturated heterocycles. The fourth-order valence-corrected chi connectivity index (χ4v) is 2.07. The summed E-state index contributed by atoms with van der Waals surface area (Å²) in [6, 6.07) is 6.44. The first kappa shape index (κ1) is 11.9. The molecule has 17 heavy (non-hydrogen) atoms. The number of carboxylic acid groups (broad SMARTS) is 1. The molecule has 0 bridgehead atoms. The molecule has 0 aromatic heterocycles. The summed E-state index contributed by atoms with van der Waals surface area (Å²) in [5, 5.41) is 21.6. The first-order chi connectivity index (χ1) is 8.16. The van der Waals surface area contributed by atoms with E-state index in [2.05, 4.69) is 5.32 Å². The first-order valence-corrected chi connectivity index (χ1v) is 5.62. The largest absolute Gasteiger partial charge is 0.508 e. The number of nitrogens with one attached hydrogen (secondary N) is 1. The van der Waals surface area contributed by atoms with Crippen LogP contribution in [0.3, 0.4) is 0 Å². The molecule has 2 rings (SSSR count). The Bertz CT molecular complexity index is 408. The van der Waals surface area contributed by atoms with Crippen LogP contribution in [0.15, 0.2) is 24.3 Å². The van der Waals surface area contributed by atoms with Crippen molar-refractivity contribution in [2.45, 2.75) is 12.6 Å². The summed E-state index contributed by atoms with van der Waals surface area (Å²) in [6.07, 6.45) is 0. The topological polar surface area (TPSA) is 72.8 Å². The quantitative estimate of drug-likeness (QED) is 0.701. The van der Waals surface area contributed by atoms with Gasteiger partial charge in [-0.25, -0.2) is 0 Å². The Morgan fingerprint density at radius 2 is 2.35 bits per heavy atom. The Hall–Kier alpha value is -1.59. The average Bonchev–Trinajstić information content (AvgIpc) is 2.29. The molecule has 3 N–H and O–H groups in total. The van der Waals surface area contributed by atoms with Gasteiger partial charge >= 0.3 is 5.97 Å². The number of rotatable bonds is 3. The number of phenolic OH excluding ortho intramolecular Hbond substituents is 1. The predicted molar refractivity (Wildman–Crippen MR) is 62.8 cm³/mol. The third-order valence-electron chi connectivity index (χ3n) is 2.94. The lowest BCUT2D eigenvalue weighted by molar-refractivity contribution is -0.144. The number of hydrogen-bond donors (Lipinski definition) is 3. The highest BCUT2D eigenvalue weighted by molar-refractivity contribution is 5.74. The fraction of sp³-hybridized carbons (Fsp3) is 0.417. The second-order valence-electron chi connectivity index (χ2n) is 4.20. The number of benzene rings is 1. The molecule has 92 valence electrons. The molecule has 0 saturated carbocycles. The summed E-state index contributed by atoms with van der Waals surface area (Å²) >= 11 is 0. The highest BCUT2D eigenvalue weighted by Crippen LogP contribution is 2.15. The van der Waals surface area contributed by atoms with Gasteiger partial charge in [-0.2, -0.15) is 0 Å². The molecule has 1 unspecified atom stereocenters. The van der Waals surface area contributed by atoms with Gasteiger partial charge in [0.15, 0.2) is 0 Å². The maximum absolute atomic E-state index is 11.1. The van der Waals surface area contributed by atoms with Gasteiger partial charge in [0.25, 0.3) is 0 Å². The summed E-state index contributed by atoms with van der Waals surface area (Å²) in [5.41, 5.74) is 0.929. The fourth-order valence-electron chi connectivity index (χ4n) is 2.07. The van der Waals surface area contributed by atoms with Gasteiger partial charge in [-0.05, 0) is 17.7 Å². The molecular weight excluding hydrogens is 220 g/mol. The lowest BCUT2D eigenvalue weighted by Gasteiger charge is -2.33. The van der Waals surface area contributed by atoms with Crippen molar-refractivity contribution in [2.75, 3.05) is 19.6 Å². The van der Waals surface area contributed by atoms with Crippen molar-refractivity contribution in [3.8, 4) is 5.75 Å². The second-order valence-corrected chi connectivity index (χ2v) is 4.20. The number of hydrogen-bond acceptors (Lipinski definition) is 4. The zero-order valence-corrected chi connectivity index (χ0v) is 9.47. The third kappa shape index (κ3) is 2.95. The van der Waals surface area contributed by atoms with Crippen LogP contribution in [0, 0.1) is 0 Å². The van der Waals surface area contributed by atoms with Gasteiger partial charge in [0.2, 0.25) is 0 Å². The van der Waals surface area contributed by atoms with E-state index in [1.807, 2.05) is 11.0 Å². The molecule has 0 amide bonds. The van der Waals surface area contributed by atoms with E-state index in [9.17, 15) is 9.90 Å². The van der Waals surface area contributed by atoms with E-state index < -0.39 is 12.0 Å². The van der Waals surface area contributed by atoms with Crippen molar-refractivity contribution in [1.82, 2.24) is 10.2 Å². The zero-order chi connectivity index (χ0) is 12.3. The monoisotopic (exact) mass is 236 g/mol. The van der Waals surface area contributed by atoms with E-state index in [1.165, 1.54) is 0 Å². The van der Waals surface area contributed by atoms with Crippen molar-refractivity contribution < 1.29 is 15.0 Å². The molecule has 5 nitrogen and oxygen atoms in total. The Morgan fingerprint density at radius 3 is 3.06 bits per heavy atom. The summed E-state index contributed by atoms with van der Waals surface area (Å²) in [6.45, 7) is 2.51. The van der Waals surface area contributed by atoms with E-state index in [0.29, 0.717) is 19.6 Å². The molecule has 1 heterocycles. The summed E-state index contributed by atoms with van der Waals surface area (Å²) in [4.78, 5) is 13.0. The molecular formula is C12H16N2O3. The lowest BCUT2D eigenvalue weighted by Crippen LogP contribution is -2.54. The van der Waals surface area contributed by atoms with E-state index in [4.69, 9.17) is 5.11 Å². The van der Waals surface area contributed by atoms with Crippen LogP contribution in [-0.4, -0.2) is 46.8 Å². The predicted octanol–water partition coefficient (Wildman–Crippen LogP) is 0.251. The van der Waals surface area contributed by atoms with Crippen molar-refractivity contribution in [1.29, 1.82) is 0 Å². The number of phenols is 1. The van der Waals surface area contributed by atoms with E-state index in [0.717, 1.165) is 12.1 Å². The standard InChI is InChI=1S/C12H16N2O3/c15-10-3-1-2-9(6-10)8-14-5-4-13-7-11(14)12(16)17/h1-3,6,11,13,15H,4-5,7-8H2,(H,16,17). The third-order valence-corrected chi connectivity index (χ3v) is 2.94. The SMILES string of the molecule is O=C(O)C1CNCCN1Cc1cccc(O)c1. The molecule has 1 aromatic carbocycles. The Morgan fingerprint density at radius 1 is 1.53 bits per heavy atom. The molecule has 1 aliphatic rings. The van der Waals surface area contributed by atoms with E-state index >= 15 is 0 Å². The van der Waals surface area contributed by atoms with Crippen molar-refractivity contribution in [3.63, 3.8) is 0 Å². The van der Waals surface area contributed by atoms with Gasteiger partial charge in [-0.1, -0.05) is 12.1 Å². The van der Waals surface area contributed by atoms with Gasteiger partial charge in [0.1, 0.15) is 11.8 Å². The van der Waals surface area contributed by atoms with Crippen molar-refractivity contribution >= 4 is 5.97 Å². The van der Waals surface area contributed by atoms with Gasteiger partial charge in [0, 0.05) is 26.2 Å². The van der Waals surface area contributed by atoms with Gasteiger partial charge < -0.3 is 15.5 Å². The molecule has 5 heteroatoms. The van der Waals surface area contributed by atoms with Crippen LogP contribution >= 0.6 is 0 Å². The lowest BCUT2D eigenvalue weighted by atomic mass is 10.1. The first-order valence-electron chi connectivity index (χ1n) is 5.62. The molecule has 1 fully saturated rings. The second kappa shape index (κ2) is 5.16. The zero-order valence-electron chi connectivity index (χ0n) is 9.47. The van der Waals surface area contributed by atoms with Crippen LogP contribution in [0.25, 0.3) is 0 Å². The number of nitrogens with zero attached hydrogens (tertiary/aromatic N) is 1. The Kier molecular flexibility index (Phi) is 3.61. The molecule has 1 aromatic rings. The highest BCUT2D eigenvalue weighted by Gasteiger charge is 2.27. The highest BCUT2D eigenvalue weighted by atomic mass is 16.4. The normalized spacial score (nSPS) is 21.3. The van der Waals surface area contributed by atoms with E-state index in [1.54, 1.807) is 18.2 Å². The van der Waals surface area contributed by atoms with E-state index in [-0.39, 0.29) is 5.75 Å². The van der Waals surface area contributed by atoms with Crippen molar-refractivity contribution in [3.05, 3.63) is 29.8 Å². The summed E-state index contributed by atoms with van der Waals surface area (Å²) in [5.74, 6) is -0.595. The van der Waals surface area contributed by atoms with Crippen LogP contribution in [0.1, 0.15) is 5.56 Å². The van der Waals surface area contributed by atoms with Gasteiger partial charge in [0.05, 0.1) is 0 Å². The average molecular weight is 236 g/mol.